The van der Waals surface area contributed by atoms with Crippen LogP contribution in [0, 0.1) is 11.3 Å². The molecule has 0 saturated heterocycles. The van der Waals surface area contributed by atoms with Crippen LogP contribution in [0.25, 0.3) is 0 Å². The Hall–Kier alpha value is -2.14. The van der Waals surface area contributed by atoms with Gasteiger partial charge < -0.3 is 9.47 Å². The van der Waals surface area contributed by atoms with Crippen LogP contribution in [-0.2, 0) is 19.1 Å². The average Bonchev–Trinajstić information content (AvgIpc) is 3.02. The highest BCUT2D eigenvalue weighted by molar-refractivity contribution is 9.10. The van der Waals surface area contributed by atoms with E-state index in [-0.39, 0.29) is 17.8 Å². The molecule has 2 aromatic carbocycles. The predicted octanol–water partition coefficient (Wildman–Crippen LogP) is 4.69. The number of halogens is 1. The van der Waals surface area contributed by atoms with Crippen LogP contribution in [0.1, 0.15) is 36.3 Å². The molecule has 0 heterocycles. The van der Waals surface area contributed by atoms with Crippen molar-refractivity contribution in [2.75, 3.05) is 14.2 Å². The summed E-state index contributed by atoms with van der Waals surface area (Å²) in [5, 5.41) is 0. The summed E-state index contributed by atoms with van der Waals surface area (Å²) in [6.07, 6.45) is 0.356. The molecule has 3 unspecified atom stereocenters. The van der Waals surface area contributed by atoms with Gasteiger partial charge in [0, 0.05) is 10.4 Å². The Balaban J connectivity index is 2.17. The zero-order chi connectivity index (χ0) is 19.6. The van der Waals surface area contributed by atoms with Crippen molar-refractivity contribution in [1.29, 1.82) is 0 Å². The van der Waals surface area contributed by atoms with Crippen LogP contribution < -0.4 is 0 Å². The van der Waals surface area contributed by atoms with Crippen molar-refractivity contribution in [3.8, 4) is 0 Å². The van der Waals surface area contributed by atoms with Gasteiger partial charge in [-0.25, -0.2) is 0 Å². The summed E-state index contributed by atoms with van der Waals surface area (Å²) >= 11 is 3.46. The van der Waals surface area contributed by atoms with E-state index in [1.807, 2.05) is 54.6 Å². The summed E-state index contributed by atoms with van der Waals surface area (Å²) in [5.41, 5.74) is 0.684. The van der Waals surface area contributed by atoms with Gasteiger partial charge in [-0.05, 0) is 41.5 Å². The van der Waals surface area contributed by atoms with E-state index in [1.165, 1.54) is 14.2 Å². The largest absolute Gasteiger partial charge is 0.468 e. The van der Waals surface area contributed by atoms with Gasteiger partial charge in [0.05, 0.1) is 14.2 Å². The molecule has 0 radical (unpaired) electrons. The molecule has 0 aromatic heterocycles. The number of carbonyl (C=O) groups is 2. The molecule has 2 aromatic rings. The van der Waals surface area contributed by atoms with Crippen molar-refractivity contribution in [2.45, 2.75) is 25.2 Å². The molecule has 142 valence electrons. The van der Waals surface area contributed by atoms with Crippen molar-refractivity contribution in [3.05, 3.63) is 70.2 Å². The van der Waals surface area contributed by atoms with Crippen LogP contribution in [-0.4, -0.2) is 26.2 Å². The summed E-state index contributed by atoms with van der Waals surface area (Å²) < 4.78 is 11.2. The topological polar surface area (TPSA) is 52.6 Å². The molecular weight excluding hydrogens is 408 g/mol. The van der Waals surface area contributed by atoms with Gasteiger partial charge in [0.2, 0.25) is 0 Å². The number of carbonyl (C=O) groups excluding carboxylic acids is 2. The Labute approximate surface area is 168 Å². The summed E-state index contributed by atoms with van der Waals surface area (Å²) in [4.78, 5) is 25.9. The number of ether oxygens (including phenoxy) is 2. The van der Waals surface area contributed by atoms with Gasteiger partial charge in [-0.15, -0.1) is 0 Å². The van der Waals surface area contributed by atoms with E-state index in [0.29, 0.717) is 6.42 Å². The van der Waals surface area contributed by atoms with Crippen molar-refractivity contribution in [1.82, 2.24) is 0 Å². The molecule has 0 amide bonds. The molecule has 27 heavy (non-hydrogen) atoms. The third-order valence-electron chi connectivity index (χ3n) is 5.79. The maximum absolute atomic E-state index is 13.0. The molecule has 1 saturated carbocycles. The van der Waals surface area contributed by atoms with Crippen molar-refractivity contribution >= 4 is 27.9 Å². The molecule has 0 N–H and O–H groups in total. The quantitative estimate of drug-likeness (QED) is 0.521. The number of hydrogen-bond acceptors (Lipinski definition) is 4. The summed E-state index contributed by atoms with van der Waals surface area (Å²) in [5.74, 6) is -1.31. The molecule has 1 aliphatic carbocycles. The standard InChI is InChI=1S/C22H23BrO4/c1-14-18(15-9-11-17(23)12-10-15)13-22(20(24)26-2,21(25)27-3)19(14)16-7-5-4-6-8-16/h4-12,14,18-19H,13H2,1-3H3. The second kappa shape index (κ2) is 7.85. The van der Waals surface area contributed by atoms with Gasteiger partial charge in [0.25, 0.3) is 0 Å². The van der Waals surface area contributed by atoms with E-state index in [4.69, 9.17) is 9.47 Å². The third-order valence-corrected chi connectivity index (χ3v) is 6.32. The normalized spacial score (nSPS) is 23.6. The first kappa shape index (κ1) is 19.6. The summed E-state index contributed by atoms with van der Waals surface area (Å²) in [7, 11) is 2.65. The molecule has 0 bridgehead atoms. The zero-order valence-corrected chi connectivity index (χ0v) is 17.2. The lowest BCUT2D eigenvalue weighted by Crippen LogP contribution is -2.44. The Morgan fingerprint density at radius 2 is 1.48 bits per heavy atom. The fourth-order valence-electron chi connectivity index (χ4n) is 4.59. The monoisotopic (exact) mass is 430 g/mol. The maximum atomic E-state index is 13.0. The van der Waals surface area contributed by atoms with Crippen LogP contribution >= 0.6 is 15.9 Å². The first-order chi connectivity index (χ1) is 13.0. The lowest BCUT2D eigenvalue weighted by Gasteiger charge is -2.32. The Kier molecular flexibility index (Phi) is 5.70. The molecular formula is C22H23BrO4. The van der Waals surface area contributed by atoms with Crippen molar-refractivity contribution in [2.24, 2.45) is 11.3 Å². The molecule has 0 aliphatic heterocycles. The highest BCUT2D eigenvalue weighted by Gasteiger charge is 2.63. The summed E-state index contributed by atoms with van der Waals surface area (Å²) in [6.45, 7) is 2.10. The first-order valence-electron chi connectivity index (χ1n) is 8.93. The van der Waals surface area contributed by atoms with Crippen molar-refractivity contribution < 1.29 is 19.1 Å². The minimum absolute atomic E-state index is 0.0292. The lowest BCUT2D eigenvalue weighted by molar-refractivity contribution is -0.170. The molecule has 1 fully saturated rings. The minimum atomic E-state index is -1.36. The van der Waals surface area contributed by atoms with E-state index in [0.717, 1.165) is 15.6 Å². The molecule has 4 nitrogen and oxygen atoms in total. The highest BCUT2D eigenvalue weighted by atomic mass is 79.9. The van der Waals surface area contributed by atoms with Crippen molar-refractivity contribution in [3.63, 3.8) is 0 Å². The molecule has 3 atom stereocenters. The number of esters is 2. The molecule has 1 aliphatic rings. The average molecular weight is 431 g/mol. The third kappa shape index (κ3) is 3.29. The Morgan fingerprint density at radius 3 is 2.00 bits per heavy atom. The van der Waals surface area contributed by atoms with Gasteiger partial charge in [0.15, 0.2) is 5.41 Å². The summed E-state index contributed by atoms with van der Waals surface area (Å²) in [6, 6.07) is 17.7. The van der Waals surface area contributed by atoms with E-state index < -0.39 is 17.4 Å². The van der Waals surface area contributed by atoms with Gasteiger partial charge >= 0.3 is 11.9 Å². The molecule has 3 rings (SSSR count). The minimum Gasteiger partial charge on any atom is -0.468 e. The van der Waals surface area contributed by atoms with E-state index in [1.54, 1.807) is 0 Å². The fourth-order valence-corrected chi connectivity index (χ4v) is 4.85. The Morgan fingerprint density at radius 1 is 0.926 bits per heavy atom. The van der Waals surface area contributed by atoms with Crippen LogP contribution in [0.5, 0.6) is 0 Å². The van der Waals surface area contributed by atoms with Crippen LogP contribution in [0.2, 0.25) is 0 Å². The van der Waals surface area contributed by atoms with Gasteiger partial charge in [-0.3, -0.25) is 9.59 Å². The molecule has 0 spiro atoms. The van der Waals surface area contributed by atoms with Gasteiger partial charge in [-0.2, -0.15) is 0 Å². The second-order valence-corrected chi connectivity index (χ2v) is 7.98. The number of rotatable bonds is 4. The number of benzene rings is 2. The zero-order valence-electron chi connectivity index (χ0n) is 15.6. The first-order valence-corrected chi connectivity index (χ1v) is 9.72. The highest BCUT2D eigenvalue weighted by Crippen LogP contribution is 2.60. The van der Waals surface area contributed by atoms with Crippen LogP contribution in [0.3, 0.4) is 0 Å². The number of methoxy groups -OCH3 is 2. The lowest BCUT2D eigenvalue weighted by atomic mass is 9.72. The van der Waals surface area contributed by atoms with Crippen LogP contribution in [0.15, 0.2) is 59.1 Å². The predicted molar refractivity (Wildman–Crippen MR) is 106 cm³/mol. The van der Waals surface area contributed by atoms with E-state index in [2.05, 4.69) is 22.9 Å². The van der Waals surface area contributed by atoms with Gasteiger partial charge in [0.1, 0.15) is 0 Å². The number of hydrogen-bond donors (Lipinski definition) is 0. The Bertz CT molecular complexity index is 800. The SMILES string of the molecule is COC(=O)C1(C(=O)OC)CC(c2ccc(Br)cc2)C(C)C1c1ccccc1. The second-order valence-electron chi connectivity index (χ2n) is 7.06. The van der Waals surface area contributed by atoms with Crippen LogP contribution in [0.4, 0.5) is 0 Å². The van der Waals surface area contributed by atoms with Gasteiger partial charge in [-0.1, -0.05) is 65.3 Å². The molecule has 5 heteroatoms. The fraction of sp³-hybridized carbons (Fsp3) is 0.364. The smallest absolute Gasteiger partial charge is 0.323 e. The van der Waals surface area contributed by atoms with E-state index in [9.17, 15) is 9.59 Å². The van der Waals surface area contributed by atoms with E-state index >= 15 is 0 Å². The maximum Gasteiger partial charge on any atom is 0.323 e.